The summed E-state index contributed by atoms with van der Waals surface area (Å²) in [6.45, 7) is 4.85. The molecule has 27 heavy (non-hydrogen) atoms. The van der Waals surface area contributed by atoms with Crippen molar-refractivity contribution in [2.45, 2.75) is 26.7 Å². The summed E-state index contributed by atoms with van der Waals surface area (Å²) < 4.78 is 39.5. The van der Waals surface area contributed by atoms with Crippen LogP contribution in [0, 0.1) is 13.8 Å². The lowest BCUT2D eigenvalue weighted by Gasteiger charge is -2.19. The zero-order chi connectivity index (χ0) is 19.8. The summed E-state index contributed by atoms with van der Waals surface area (Å²) in [5.41, 5.74) is -0.0231. The van der Waals surface area contributed by atoms with E-state index in [1.54, 1.807) is 42.5 Å². The third-order valence-corrected chi connectivity index (χ3v) is 4.43. The van der Waals surface area contributed by atoms with Crippen LogP contribution >= 0.6 is 0 Å². The van der Waals surface area contributed by atoms with Gasteiger partial charge < -0.3 is 9.15 Å². The van der Waals surface area contributed by atoms with E-state index in [-0.39, 0.29) is 17.8 Å². The van der Waals surface area contributed by atoms with Gasteiger partial charge in [-0.1, -0.05) is 30.3 Å². The van der Waals surface area contributed by atoms with E-state index in [9.17, 15) is 18.4 Å². The Morgan fingerprint density at radius 1 is 1.11 bits per heavy atom. The largest absolute Gasteiger partial charge is 0.461 e. The van der Waals surface area contributed by atoms with Crippen LogP contribution < -0.4 is 5.63 Å². The molecule has 3 rings (SSSR count). The second-order valence-corrected chi connectivity index (χ2v) is 6.23. The Hall–Kier alpha value is -3.02. The number of fused-ring (bicyclic) bond motifs is 1. The fourth-order valence-electron chi connectivity index (χ4n) is 2.97. The number of halogens is 2. The van der Waals surface area contributed by atoms with Crippen molar-refractivity contribution in [3.05, 3.63) is 69.6 Å². The molecule has 0 unspecified atom stereocenters. The Balaban J connectivity index is 2.47. The standard InChI is InChI=1S/C21H18F2O4/c1-4-26-20(25)21(22,23)18-17(14-8-6-5-7-9-14)15-10-12(2)13(3)11-16(15)27-19(18)24/h5-11H,4H2,1-3H3. The fraction of sp³-hybridized carbons (Fsp3) is 0.238. The number of carbonyl (C=O) groups is 1. The lowest BCUT2D eigenvalue weighted by atomic mass is 9.92. The average Bonchev–Trinajstić information content (AvgIpc) is 2.63. The van der Waals surface area contributed by atoms with Gasteiger partial charge in [0, 0.05) is 10.9 Å². The van der Waals surface area contributed by atoms with Crippen LogP contribution in [-0.4, -0.2) is 12.6 Å². The zero-order valence-electron chi connectivity index (χ0n) is 15.1. The van der Waals surface area contributed by atoms with Gasteiger partial charge in [0.05, 0.1) is 6.61 Å². The van der Waals surface area contributed by atoms with Gasteiger partial charge in [0.2, 0.25) is 0 Å². The monoisotopic (exact) mass is 372 g/mol. The van der Waals surface area contributed by atoms with Crippen molar-refractivity contribution in [1.82, 2.24) is 0 Å². The van der Waals surface area contributed by atoms with Crippen molar-refractivity contribution >= 4 is 16.9 Å². The molecule has 0 bridgehead atoms. The van der Waals surface area contributed by atoms with Crippen molar-refractivity contribution in [2.75, 3.05) is 6.61 Å². The second-order valence-electron chi connectivity index (χ2n) is 6.23. The number of alkyl halides is 2. The van der Waals surface area contributed by atoms with Gasteiger partial charge in [-0.3, -0.25) is 0 Å². The topological polar surface area (TPSA) is 56.5 Å². The summed E-state index contributed by atoms with van der Waals surface area (Å²) in [4.78, 5) is 24.4. The van der Waals surface area contributed by atoms with Crippen molar-refractivity contribution in [3.63, 3.8) is 0 Å². The van der Waals surface area contributed by atoms with Crippen molar-refractivity contribution in [2.24, 2.45) is 0 Å². The number of hydrogen-bond donors (Lipinski definition) is 0. The average molecular weight is 372 g/mol. The van der Waals surface area contributed by atoms with E-state index >= 15 is 0 Å². The third-order valence-electron chi connectivity index (χ3n) is 4.43. The van der Waals surface area contributed by atoms with E-state index in [1.807, 2.05) is 13.8 Å². The SMILES string of the molecule is CCOC(=O)C(F)(F)c1c(-c2ccccc2)c2cc(C)c(C)cc2oc1=O. The smallest absolute Gasteiger partial charge is 0.382 e. The molecule has 0 radical (unpaired) electrons. The van der Waals surface area contributed by atoms with E-state index < -0.39 is 23.1 Å². The van der Waals surface area contributed by atoms with Crippen LogP contribution in [0.25, 0.3) is 22.1 Å². The molecule has 1 aromatic heterocycles. The number of esters is 1. The van der Waals surface area contributed by atoms with Crippen LogP contribution in [-0.2, 0) is 15.5 Å². The van der Waals surface area contributed by atoms with E-state index in [4.69, 9.17) is 4.42 Å². The Morgan fingerprint density at radius 3 is 2.37 bits per heavy atom. The van der Waals surface area contributed by atoms with Gasteiger partial charge in [-0.15, -0.1) is 0 Å². The molecule has 6 heteroatoms. The van der Waals surface area contributed by atoms with E-state index in [1.165, 1.54) is 6.92 Å². The fourth-order valence-corrected chi connectivity index (χ4v) is 2.97. The van der Waals surface area contributed by atoms with Gasteiger partial charge in [-0.05, 0) is 49.6 Å². The molecule has 0 atom stereocenters. The molecule has 0 aliphatic carbocycles. The van der Waals surface area contributed by atoms with Crippen LogP contribution in [0.3, 0.4) is 0 Å². The van der Waals surface area contributed by atoms with Gasteiger partial charge >= 0.3 is 17.5 Å². The summed E-state index contributed by atoms with van der Waals surface area (Å²) in [5.74, 6) is -5.92. The quantitative estimate of drug-likeness (QED) is 0.491. The first-order valence-electron chi connectivity index (χ1n) is 8.46. The Kier molecular flexibility index (Phi) is 4.83. The molecule has 1 heterocycles. The Morgan fingerprint density at radius 2 is 1.74 bits per heavy atom. The van der Waals surface area contributed by atoms with Crippen LogP contribution in [0.1, 0.15) is 23.6 Å². The van der Waals surface area contributed by atoms with Crippen LogP contribution in [0.2, 0.25) is 0 Å². The first-order valence-corrected chi connectivity index (χ1v) is 8.46. The van der Waals surface area contributed by atoms with E-state index in [0.29, 0.717) is 10.9 Å². The maximum Gasteiger partial charge on any atom is 0.382 e. The number of aryl methyl sites for hydroxylation is 2. The molecule has 2 aromatic carbocycles. The van der Waals surface area contributed by atoms with Crippen LogP contribution in [0.4, 0.5) is 8.78 Å². The second kappa shape index (κ2) is 6.95. The lowest BCUT2D eigenvalue weighted by Crippen LogP contribution is -2.34. The molecule has 0 fully saturated rings. The number of benzene rings is 2. The molecule has 0 N–H and O–H groups in total. The Labute approximate surface area is 154 Å². The highest BCUT2D eigenvalue weighted by Gasteiger charge is 2.48. The Bertz CT molecular complexity index is 1070. The molecule has 0 aliphatic heterocycles. The summed E-state index contributed by atoms with van der Waals surface area (Å²) in [6, 6.07) is 11.6. The maximum absolute atomic E-state index is 14.9. The van der Waals surface area contributed by atoms with Crippen LogP contribution in [0.5, 0.6) is 0 Å². The minimum Gasteiger partial charge on any atom is -0.461 e. The molecule has 0 aliphatic rings. The van der Waals surface area contributed by atoms with Crippen LogP contribution in [0.15, 0.2) is 51.7 Å². The first kappa shape index (κ1) is 18.8. The molecular formula is C21H18F2O4. The molecule has 0 saturated carbocycles. The molecule has 3 aromatic rings. The summed E-state index contributed by atoms with van der Waals surface area (Å²) in [7, 11) is 0. The van der Waals surface area contributed by atoms with Crippen molar-refractivity contribution in [1.29, 1.82) is 0 Å². The molecule has 0 spiro atoms. The number of rotatable bonds is 4. The predicted octanol–water partition coefficient (Wildman–Crippen LogP) is 4.73. The summed E-state index contributed by atoms with van der Waals surface area (Å²) >= 11 is 0. The van der Waals surface area contributed by atoms with Gasteiger partial charge in [-0.2, -0.15) is 8.78 Å². The minimum absolute atomic E-state index is 0.0250. The van der Waals surface area contributed by atoms with Gasteiger partial charge in [0.1, 0.15) is 11.1 Å². The minimum atomic E-state index is -4.14. The summed E-state index contributed by atoms with van der Waals surface area (Å²) in [5, 5.41) is 0.336. The molecule has 0 saturated heterocycles. The highest BCUT2D eigenvalue weighted by molar-refractivity contribution is 5.98. The highest BCUT2D eigenvalue weighted by atomic mass is 19.3. The van der Waals surface area contributed by atoms with E-state index in [2.05, 4.69) is 4.74 Å². The normalized spacial score (nSPS) is 11.6. The van der Waals surface area contributed by atoms with Crippen molar-refractivity contribution < 1.29 is 22.7 Å². The first-order chi connectivity index (χ1) is 12.8. The molecule has 0 amide bonds. The highest BCUT2D eigenvalue weighted by Crippen LogP contribution is 2.39. The maximum atomic E-state index is 14.9. The molecule has 4 nitrogen and oxygen atoms in total. The predicted molar refractivity (Wildman–Crippen MR) is 97.9 cm³/mol. The van der Waals surface area contributed by atoms with Gasteiger partial charge in [-0.25, -0.2) is 9.59 Å². The molecule has 140 valence electrons. The zero-order valence-corrected chi connectivity index (χ0v) is 15.1. The molecular weight excluding hydrogens is 354 g/mol. The van der Waals surface area contributed by atoms with E-state index in [0.717, 1.165) is 11.1 Å². The number of ether oxygens (including phenoxy) is 1. The van der Waals surface area contributed by atoms with Gasteiger partial charge in [0.25, 0.3) is 0 Å². The lowest BCUT2D eigenvalue weighted by molar-refractivity contribution is -0.173. The number of hydrogen-bond acceptors (Lipinski definition) is 4. The summed E-state index contributed by atoms with van der Waals surface area (Å²) in [6.07, 6.45) is 0. The van der Waals surface area contributed by atoms with Gasteiger partial charge in [0.15, 0.2) is 0 Å². The number of carbonyl (C=O) groups excluding carboxylic acids is 1. The third kappa shape index (κ3) is 3.23. The van der Waals surface area contributed by atoms with Crippen molar-refractivity contribution in [3.8, 4) is 11.1 Å².